The first kappa shape index (κ1) is 39.8. The van der Waals surface area contributed by atoms with Crippen LogP contribution in [-0.2, 0) is 16.8 Å². The lowest BCUT2D eigenvalue weighted by atomic mass is 9.85. The van der Waals surface area contributed by atoms with Crippen LogP contribution in [0.15, 0.2) is 30.3 Å². The van der Waals surface area contributed by atoms with Gasteiger partial charge in [-0.3, -0.25) is 19.8 Å². The molecule has 0 fully saturated rings. The number of unbranched alkanes of at least 4 members (excludes halogenated alkanes) is 13. The monoisotopic (exact) mass is 675 g/mol. The summed E-state index contributed by atoms with van der Waals surface area (Å²) in [5.74, 6) is 0.483. The zero-order valence-electron chi connectivity index (χ0n) is 31.1. The molecule has 1 aliphatic heterocycles. The molecule has 0 aromatic heterocycles. The summed E-state index contributed by atoms with van der Waals surface area (Å²) < 4.78 is 11.5. The van der Waals surface area contributed by atoms with Gasteiger partial charge in [-0.15, -0.1) is 0 Å². The van der Waals surface area contributed by atoms with Crippen molar-refractivity contribution in [2.24, 2.45) is 0 Å². The summed E-state index contributed by atoms with van der Waals surface area (Å²) in [4.78, 5) is 40.5. The molecular formula is C41H61N3O5. The van der Waals surface area contributed by atoms with Gasteiger partial charge in [0.15, 0.2) is 5.78 Å². The lowest BCUT2D eigenvalue weighted by Crippen LogP contribution is -2.30. The highest BCUT2D eigenvalue weighted by Gasteiger charge is 2.30. The van der Waals surface area contributed by atoms with Crippen LogP contribution in [0, 0.1) is 5.41 Å². The number of nitrogens with one attached hydrogen (secondary N) is 2. The molecule has 2 aromatic carbocycles. The molecule has 0 bridgehead atoms. The van der Waals surface area contributed by atoms with E-state index in [-0.39, 0.29) is 35.5 Å². The summed E-state index contributed by atoms with van der Waals surface area (Å²) in [5, 5.41) is 11.4. The normalized spacial score (nSPS) is 12.6. The zero-order valence-corrected chi connectivity index (χ0v) is 31.1. The van der Waals surface area contributed by atoms with E-state index in [1.54, 1.807) is 36.2 Å². The Kier molecular flexibility index (Phi) is 16.3. The maximum atomic E-state index is 13.5. The van der Waals surface area contributed by atoms with E-state index in [1.165, 1.54) is 70.6 Å². The minimum absolute atomic E-state index is 0.00856. The van der Waals surface area contributed by atoms with Crippen LogP contribution in [-0.4, -0.2) is 48.6 Å². The lowest BCUT2D eigenvalue weighted by Gasteiger charge is -2.23. The van der Waals surface area contributed by atoms with E-state index in [2.05, 4.69) is 12.2 Å². The fraction of sp³-hybridized carbons (Fsp3) is 0.610. The molecule has 0 spiro atoms. The van der Waals surface area contributed by atoms with Gasteiger partial charge in [0.05, 0.1) is 18.7 Å². The zero-order chi connectivity index (χ0) is 35.8. The number of ether oxygens (including phenoxy) is 2. The van der Waals surface area contributed by atoms with E-state index in [0.29, 0.717) is 47.8 Å². The number of amides is 1. The smallest absolute Gasteiger partial charge is 0.311 e. The maximum absolute atomic E-state index is 13.5. The highest BCUT2D eigenvalue weighted by Crippen LogP contribution is 2.34. The Balaban J connectivity index is 1.48. The van der Waals surface area contributed by atoms with E-state index >= 15 is 0 Å². The fourth-order valence-electron chi connectivity index (χ4n) is 6.43. The van der Waals surface area contributed by atoms with Crippen molar-refractivity contribution in [3.8, 4) is 11.5 Å². The third-order valence-electron chi connectivity index (χ3n) is 9.31. The van der Waals surface area contributed by atoms with Crippen LogP contribution in [0.1, 0.15) is 168 Å². The average Bonchev–Trinajstić information content (AvgIpc) is 3.37. The maximum Gasteiger partial charge on any atom is 0.311 e. The van der Waals surface area contributed by atoms with Crippen LogP contribution in [0.5, 0.6) is 11.5 Å². The second-order valence-electron chi connectivity index (χ2n) is 14.4. The minimum atomic E-state index is -0.358. The molecule has 2 N–H and O–H groups in total. The Morgan fingerprint density at radius 2 is 1.41 bits per heavy atom. The van der Waals surface area contributed by atoms with Gasteiger partial charge < -0.3 is 19.7 Å². The summed E-state index contributed by atoms with van der Waals surface area (Å²) >= 11 is 0. The highest BCUT2D eigenvalue weighted by atomic mass is 16.5. The number of fused-ring (bicyclic) bond motifs is 1. The van der Waals surface area contributed by atoms with Gasteiger partial charge in [0.25, 0.3) is 5.91 Å². The molecule has 1 heterocycles. The molecule has 8 heteroatoms. The number of nitrogens with zero attached hydrogens (tertiary/aromatic N) is 1. The number of Topliss-reactive ketones (excluding diaryl/α,β-unsaturated/α-hetero) is 1. The Morgan fingerprint density at radius 1 is 0.816 bits per heavy atom. The van der Waals surface area contributed by atoms with Gasteiger partial charge in [-0.2, -0.15) is 0 Å². The van der Waals surface area contributed by atoms with Crippen molar-refractivity contribution in [3.05, 3.63) is 58.1 Å². The third-order valence-corrected chi connectivity index (χ3v) is 9.31. The van der Waals surface area contributed by atoms with E-state index < -0.39 is 0 Å². The number of ketones is 1. The number of carbonyl (C=O) groups excluding carboxylic acids is 3. The van der Waals surface area contributed by atoms with Gasteiger partial charge in [-0.05, 0) is 54.7 Å². The second-order valence-corrected chi connectivity index (χ2v) is 14.4. The fourth-order valence-corrected chi connectivity index (χ4v) is 6.43. The van der Waals surface area contributed by atoms with E-state index in [0.717, 1.165) is 30.4 Å². The molecule has 49 heavy (non-hydrogen) atoms. The lowest BCUT2D eigenvalue weighted by molar-refractivity contribution is -0.134. The number of amidine groups is 1. The number of benzene rings is 2. The van der Waals surface area contributed by atoms with Crippen molar-refractivity contribution < 1.29 is 23.9 Å². The SMILES string of the molecule is CCCCCCCCCCCCCCCCC(=O)Oc1ccc(C(=O)CN2Cc3cc(OCC)c(C(=O)NC)cc3C2=N)cc1C(C)(C)C. The summed E-state index contributed by atoms with van der Waals surface area (Å²) in [7, 11) is 1.56. The Morgan fingerprint density at radius 3 is 1.96 bits per heavy atom. The molecular weight excluding hydrogens is 614 g/mol. The number of esters is 1. The molecule has 8 nitrogen and oxygen atoms in total. The number of hydrogen-bond donors (Lipinski definition) is 2. The number of carbonyl (C=O) groups is 3. The molecule has 270 valence electrons. The predicted molar refractivity (Wildman–Crippen MR) is 198 cm³/mol. The van der Waals surface area contributed by atoms with E-state index in [4.69, 9.17) is 14.9 Å². The van der Waals surface area contributed by atoms with Gasteiger partial charge in [0, 0.05) is 36.7 Å². The van der Waals surface area contributed by atoms with Crippen molar-refractivity contribution >= 4 is 23.5 Å². The van der Waals surface area contributed by atoms with E-state index in [9.17, 15) is 14.4 Å². The third kappa shape index (κ3) is 12.3. The number of hydrogen-bond acceptors (Lipinski definition) is 6. The molecule has 1 aliphatic rings. The largest absolute Gasteiger partial charge is 0.493 e. The van der Waals surface area contributed by atoms with Gasteiger partial charge in [-0.1, -0.05) is 111 Å². The second kappa shape index (κ2) is 20.1. The minimum Gasteiger partial charge on any atom is -0.493 e. The Bertz CT molecular complexity index is 1410. The summed E-state index contributed by atoms with van der Waals surface area (Å²) in [5.41, 5.74) is 2.76. The molecule has 1 amide bonds. The predicted octanol–water partition coefficient (Wildman–Crippen LogP) is 9.54. The van der Waals surface area contributed by atoms with Crippen LogP contribution in [0.3, 0.4) is 0 Å². The molecule has 0 saturated carbocycles. The summed E-state index contributed by atoms with van der Waals surface area (Å²) in [6.07, 6.45) is 18.1. The van der Waals surface area contributed by atoms with Crippen LogP contribution < -0.4 is 14.8 Å². The Hall–Kier alpha value is -3.68. The van der Waals surface area contributed by atoms with E-state index in [1.807, 2.05) is 33.8 Å². The van der Waals surface area contributed by atoms with Crippen molar-refractivity contribution in [2.45, 2.75) is 143 Å². The summed E-state index contributed by atoms with van der Waals surface area (Å²) in [6, 6.07) is 8.72. The Labute approximate surface area is 295 Å². The van der Waals surface area contributed by atoms with Crippen molar-refractivity contribution in [2.75, 3.05) is 20.2 Å². The molecule has 2 aromatic rings. The van der Waals surface area contributed by atoms with Gasteiger partial charge in [0.1, 0.15) is 17.3 Å². The van der Waals surface area contributed by atoms with Gasteiger partial charge >= 0.3 is 5.97 Å². The quantitative estimate of drug-likeness (QED) is 0.0557. The average molecular weight is 676 g/mol. The van der Waals surface area contributed by atoms with Crippen molar-refractivity contribution in [1.82, 2.24) is 10.2 Å². The van der Waals surface area contributed by atoms with Crippen LogP contribution in [0.4, 0.5) is 0 Å². The standard InChI is InChI=1S/C41H61N3O5/c1-7-9-10-11-12-13-14-15-16-17-18-19-20-21-22-38(46)49-36-24-23-30(25-34(36)41(3,4)5)35(45)29-44-28-31-26-37(48-8-2)33(40(47)43-6)27-32(31)39(44)42/h23-27,42H,7-22,28-29H2,1-6H3,(H,43,47). The molecule has 0 radical (unpaired) electrons. The molecule has 0 saturated heterocycles. The van der Waals surface area contributed by atoms with Crippen molar-refractivity contribution in [3.63, 3.8) is 0 Å². The van der Waals surface area contributed by atoms with Gasteiger partial charge in [0.2, 0.25) is 0 Å². The summed E-state index contributed by atoms with van der Waals surface area (Å²) in [6.45, 7) is 11.0. The van der Waals surface area contributed by atoms with Crippen LogP contribution >= 0.6 is 0 Å². The van der Waals surface area contributed by atoms with Crippen LogP contribution in [0.25, 0.3) is 0 Å². The molecule has 3 rings (SSSR count). The molecule has 0 aliphatic carbocycles. The van der Waals surface area contributed by atoms with Gasteiger partial charge in [-0.25, -0.2) is 0 Å². The van der Waals surface area contributed by atoms with Crippen molar-refractivity contribution in [1.29, 1.82) is 5.41 Å². The number of rotatable bonds is 22. The first-order valence-corrected chi connectivity index (χ1v) is 18.7. The van der Waals surface area contributed by atoms with Crippen LogP contribution in [0.2, 0.25) is 0 Å². The highest BCUT2D eigenvalue weighted by molar-refractivity contribution is 6.07. The molecule has 0 atom stereocenters. The topological polar surface area (TPSA) is 109 Å². The first-order chi connectivity index (χ1) is 23.5. The first-order valence-electron chi connectivity index (χ1n) is 18.7. The molecule has 0 unspecified atom stereocenters.